The third-order valence-electron chi connectivity index (χ3n) is 2.34. The number of rotatable bonds is 6. The van der Waals surface area contributed by atoms with Gasteiger partial charge in [-0.05, 0) is 24.3 Å². The molecule has 0 aromatic heterocycles. The smallest absolute Gasteiger partial charge is 0.316 e. The monoisotopic (exact) mass is 267 g/mol. The van der Waals surface area contributed by atoms with Crippen molar-refractivity contribution in [3.8, 4) is 0 Å². The highest BCUT2D eigenvalue weighted by atomic mass is 16.5. The van der Waals surface area contributed by atoms with Crippen molar-refractivity contribution in [2.45, 2.75) is 6.04 Å². The van der Waals surface area contributed by atoms with Crippen LogP contribution in [0, 0.1) is 0 Å². The number of amides is 3. The van der Waals surface area contributed by atoms with E-state index in [-0.39, 0.29) is 19.1 Å². The van der Waals surface area contributed by atoms with Crippen LogP contribution in [0.1, 0.15) is 10.4 Å². The maximum absolute atomic E-state index is 11.8. The first-order chi connectivity index (χ1) is 9.06. The molecule has 0 saturated heterocycles. The molecule has 7 nitrogen and oxygen atoms in total. The zero-order valence-corrected chi connectivity index (χ0v) is 10.6. The summed E-state index contributed by atoms with van der Waals surface area (Å²) in [5.74, 6) is -0.332. The van der Waals surface area contributed by atoms with E-state index in [0.29, 0.717) is 11.3 Å². The second-order valence-corrected chi connectivity index (χ2v) is 3.87. The van der Waals surface area contributed by atoms with Gasteiger partial charge in [-0.15, -0.1) is 0 Å². The normalized spacial score (nSPS) is 11.7. The molecular formula is C12H17N3O4. The molecular weight excluding hydrogens is 250 g/mol. The zero-order valence-electron chi connectivity index (χ0n) is 10.6. The summed E-state index contributed by atoms with van der Waals surface area (Å²) in [5.41, 5.74) is 5.88. The minimum atomic E-state index is -0.669. The van der Waals surface area contributed by atoms with Crippen molar-refractivity contribution in [1.82, 2.24) is 5.32 Å². The van der Waals surface area contributed by atoms with Gasteiger partial charge < -0.3 is 26.2 Å². The van der Waals surface area contributed by atoms with Crippen molar-refractivity contribution in [3.05, 3.63) is 29.8 Å². The van der Waals surface area contributed by atoms with Crippen LogP contribution in [-0.4, -0.2) is 43.4 Å². The third kappa shape index (κ3) is 4.94. The number of primary amides is 1. The highest BCUT2D eigenvalue weighted by Gasteiger charge is 2.12. The van der Waals surface area contributed by atoms with E-state index in [0.717, 1.165) is 0 Å². The molecule has 5 N–H and O–H groups in total. The minimum absolute atomic E-state index is 0.207. The van der Waals surface area contributed by atoms with Crippen LogP contribution in [0.15, 0.2) is 24.3 Å². The first-order valence-electron chi connectivity index (χ1n) is 5.64. The summed E-state index contributed by atoms with van der Waals surface area (Å²) in [4.78, 5) is 22.5. The molecule has 19 heavy (non-hydrogen) atoms. The van der Waals surface area contributed by atoms with E-state index in [1.807, 2.05) is 0 Å². The molecule has 3 amide bonds. The number of carbonyl (C=O) groups is 2. The maximum Gasteiger partial charge on any atom is 0.316 e. The zero-order chi connectivity index (χ0) is 14.3. The second-order valence-electron chi connectivity index (χ2n) is 3.87. The number of hydrogen-bond donors (Lipinski definition) is 4. The summed E-state index contributed by atoms with van der Waals surface area (Å²) in [6.07, 6.45) is 0. The fraction of sp³-hybridized carbons (Fsp3) is 0.333. The molecule has 0 spiro atoms. The topological polar surface area (TPSA) is 114 Å². The van der Waals surface area contributed by atoms with Crippen molar-refractivity contribution in [1.29, 1.82) is 0 Å². The van der Waals surface area contributed by atoms with Gasteiger partial charge in [0.05, 0.1) is 19.3 Å². The second kappa shape index (κ2) is 7.34. The minimum Gasteiger partial charge on any atom is -0.394 e. The lowest BCUT2D eigenvalue weighted by Gasteiger charge is -2.15. The molecule has 1 aromatic carbocycles. The predicted molar refractivity (Wildman–Crippen MR) is 69.9 cm³/mol. The average molecular weight is 267 g/mol. The Hall–Kier alpha value is -2.12. The maximum atomic E-state index is 11.8. The van der Waals surface area contributed by atoms with Crippen LogP contribution >= 0.6 is 0 Å². The van der Waals surface area contributed by atoms with Gasteiger partial charge >= 0.3 is 6.03 Å². The molecule has 0 bridgehead atoms. The number of aliphatic hydroxyl groups excluding tert-OH is 1. The lowest BCUT2D eigenvalue weighted by atomic mass is 10.2. The van der Waals surface area contributed by atoms with Crippen molar-refractivity contribution >= 4 is 17.6 Å². The van der Waals surface area contributed by atoms with E-state index >= 15 is 0 Å². The van der Waals surface area contributed by atoms with E-state index in [9.17, 15) is 9.59 Å². The lowest BCUT2D eigenvalue weighted by molar-refractivity contribution is 0.0839. The van der Waals surface area contributed by atoms with Crippen LogP contribution in [0.5, 0.6) is 0 Å². The van der Waals surface area contributed by atoms with Gasteiger partial charge in [-0.25, -0.2) is 4.79 Å². The summed E-state index contributed by atoms with van der Waals surface area (Å²) < 4.78 is 4.86. The largest absolute Gasteiger partial charge is 0.394 e. The molecule has 1 rings (SSSR count). The Bertz CT molecular complexity index is 433. The summed E-state index contributed by atoms with van der Waals surface area (Å²) in [6.45, 7) is 0.0183. The number of nitrogens with one attached hydrogen (secondary N) is 2. The van der Waals surface area contributed by atoms with Gasteiger partial charge in [-0.1, -0.05) is 0 Å². The van der Waals surface area contributed by atoms with Gasteiger partial charge in [0.25, 0.3) is 5.91 Å². The van der Waals surface area contributed by atoms with Crippen LogP contribution in [0.2, 0.25) is 0 Å². The SMILES string of the molecule is COCC(CO)NC(=O)c1ccc(NC(N)=O)cc1. The van der Waals surface area contributed by atoms with E-state index in [1.54, 1.807) is 24.3 Å². The predicted octanol–water partition coefficient (Wildman–Crippen LogP) is -0.0857. The number of hydrogen-bond acceptors (Lipinski definition) is 4. The van der Waals surface area contributed by atoms with Crippen molar-refractivity contribution in [2.24, 2.45) is 5.73 Å². The summed E-state index contributed by atoms with van der Waals surface area (Å²) in [6, 6.07) is 5.08. The molecule has 1 unspecified atom stereocenters. The molecule has 0 aliphatic heterocycles. The Balaban J connectivity index is 2.64. The highest BCUT2D eigenvalue weighted by molar-refractivity contribution is 5.95. The first kappa shape index (κ1) is 14.9. The summed E-state index contributed by atoms with van der Waals surface area (Å²) in [7, 11) is 1.49. The number of ether oxygens (including phenoxy) is 1. The molecule has 0 radical (unpaired) electrons. The molecule has 0 fully saturated rings. The Morgan fingerprint density at radius 1 is 1.37 bits per heavy atom. The molecule has 0 aliphatic rings. The van der Waals surface area contributed by atoms with Crippen LogP contribution in [0.4, 0.5) is 10.5 Å². The molecule has 104 valence electrons. The van der Waals surface area contributed by atoms with Crippen molar-refractivity contribution in [3.63, 3.8) is 0 Å². The molecule has 0 heterocycles. The lowest BCUT2D eigenvalue weighted by Crippen LogP contribution is -2.40. The molecule has 0 aliphatic carbocycles. The molecule has 0 saturated carbocycles. The van der Waals surface area contributed by atoms with Crippen molar-refractivity contribution in [2.75, 3.05) is 25.6 Å². The molecule has 7 heteroatoms. The number of methoxy groups -OCH3 is 1. The third-order valence-corrected chi connectivity index (χ3v) is 2.34. The number of nitrogens with two attached hydrogens (primary N) is 1. The number of anilines is 1. The highest BCUT2D eigenvalue weighted by Crippen LogP contribution is 2.09. The Kier molecular flexibility index (Phi) is 5.77. The van der Waals surface area contributed by atoms with Crippen LogP contribution in [-0.2, 0) is 4.74 Å². The van der Waals surface area contributed by atoms with Gasteiger partial charge in [0.2, 0.25) is 0 Å². The van der Waals surface area contributed by atoms with E-state index < -0.39 is 12.1 Å². The number of benzene rings is 1. The Labute approximate surface area is 110 Å². The standard InChI is InChI=1S/C12H17N3O4/c1-19-7-10(6-16)14-11(17)8-2-4-9(5-3-8)15-12(13)18/h2-5,10,16H,6-7H2,1H3,(H,14,17)(H3,13,15,18). The number of urea groups is 1. The quantitative estimate of drug-likeness (QED) is 0.577. The van der Waals surface area contributed by atoms with Crippen LogP contribution < -0.4 is 16.4 Å². The Morgan fingerprint density at radius 2 is 2.00 bits per heavy atom. The number of carbonyl (C=O) groups excluding carboxylic acids is 2. The van der Waals surface area contributed by atoms with Gasteiger partial charge in [-0.2, -0.15) is 0 Å². The van der Waals surface area contributed by atoms with Gasteiger partial charge in [0.15, 0.2) is 0 Å². The summed E-state index contributed by atoms with van der Waals surface area (Å²) >= 11 is 0. The van der Waals surface area contributed by atoms with Crippen molar-refractivity contribution < 1.29 is 19.4 Å². The molecule has 1 atom stereocenters. The summed E-state index contributed by atoms with van der Waals surface area (Å²) in [5, 5.41) is 14.0. The molecule has 1 aromatic rings. The fourth-order valence-corrected chi connectivity index (χ4v) is 1.46. The van der Waals surface area contributed by atoms with Gasteiger partial charge in [-0.3, -0.25) is 4.79 Å². The average Bonchev–Trinajstić information content (AvgIpc) is 2.38. The number of aliphatic hydroxyl groups is 1. The Morgan fingerprint density at radius 3 is 2.47 bits per heavy atom. The van der Waals surface area contributed by atoms with E-state index in [4.69, 9.17) is 15.6 Å². The van der Waals surface area contributed by atoms with E-state index in [1.165, 1.54) is 7.11 Å². The van der Waals surface area contributed by atoms with Gasteiger partial charge in [0, 0.05) is 18.4 Å². The van der Waals surface area contributed by atoms with E-state index in [2.05, 4.69) is 10.6 Å². The fourth-order valence-electron chi connectivity index (χ4n) is 1.46. The van der Waals surface area contributed by atoms with Gasteiger partial charge in [0.1, 0.15) is 0 Å². The van der Waals surface area contributed by atoms with Crippen LogP contribution in [0.3, 0.4) is 0 Å². The first-order valence-corrected chi connectivity index (χ1v) is 5.64. The van der Waals surface area contributed by atoms with Crippen LogP contribution in [0.25, 0.3) is 0 Å².